The van der Waals surface area contributed by atoms with Crippen LogP contribution in [-0.2, 0) is 49.9 Å². The van der Waals surface area contributed by atoms with Crippen LogP contribution in [0.2, 0.25) is 0 Å². The largest absolute Gasteiger partial charge is 0.491 e. The summed E-state index contributed by atoms with van der Waals surface area (Å²) in [5.74, 6) is 0.0764. The van der Waals surface area contributed by atoms with Gasteiger partial charge in [0.2, 0.25) is 11.9 Å². The lowest BCUT2D eigenvalue weighted by atomic mass is 10.1. The van der Waals surface area contributed by atoms with Crippen LogP contribution in [0.4, 0.5) is 5.95 Å². The van der Waals surface area contributed by atoms with E-state index in [0.717, 1.165) is 17.7 Å². The Kier molecular flexibility index (Phi) is 17.2. The van der Waals surface area contributed by atoms with Crippen LogP contribution in [0.5, 0.6) is 11.5 Å². The molecule has 21 nitrogen and oxygen atoms in total. The Labute approximate surface area is 416 Å². The van der Waals surface area contributed by atoms with E-state index in [2.05, 4.69) is 15.5 Å². The molecule has 0 unspecified atom stereocenters. The molecule has 7 aromatic rings. The van der Waals surface area contributed by atoms with Crippen molar-refractivity contribution < 1.29 is 47.6 Å². The maximum atomic E-state index is 13.9. The number of methoxy groups -OCH3 is 1. The zero-order chi connectivity index (χ0) is 51.5. The van der Waals surface area contributed by atoms with E-state index in [-0.39, 0.29) is 70.0 Å². The van der Waals surface area contributed by atoms with Gasteiger partial charge in [-0.1, -0.05) is 12.2 Å². The standard InChI is InChI=1S/C51H63N11O10/c1-9-61-39(24-32(3)57-61)47-53-30-37-36-28-35(46(52)65)29-42(71-23-22-69-21-20-68-19-14-43(64)72-51(5,6)7)44(36)59(48(37)55-47)15-11-12-16-60-45-38(26-34(31-63)27-41(45)70-18-13-17-67-8)54-50(60)56-49(66)40-25-33(4)58-62(40)10-2/h11-12,24-31H,9-10,13-23H2,1-8H3,(H2,52,65)(H,54,56,66)/b12-11+. The van der Waals surface area contributed by atoms with Gasteiger partial charge >= 0.3 is 5.97 Å². The number of hydrogen-bond acceptors (Lipinski definition) is 15. The number of ether oxygens (including phenoxy) is 6. The highest BCUT2D eigenvalue weighted by Crippen LogP contribution is 2.37. The molecule has 0 spiro atoms. The second kappa shape index (κ2) is 23.6. The smallest absolute Gasteiger partial charge is 0.308 e. The number of esters is 1. The van der Waals surface area contributed by atoms with Gasteiger partial charge in [0.05, 0.1) is 61.9 Å². The van der Waals surface area contributed by atoms with Crippen LogP contribution in [-0.4, -0.2) is 127 Å². The fourth-order valence-electron chi connectivity index (χ4n) is 8.15. The summed E-state index contributed by atoms with van der Waals surface area (Å²) in [6, 6.07) is 10.3. The molecule has 5 aromatic heterocycles. The number of primary amides is 1. The Morgan fingerprint density at radius 2 is 1.44 bits per heavy atom. The molecule has 0 saturated heterocycles. The van der Waals surface area contributed by atoms with E-state index >= 15 is 0 Å². The number of anilines is 1. The van der Waals surface area contributed by atoms with Gasteiger partial charge in [-0.3, -0.25) is 33.9 Å². The number of hydrogen-bond donors (Lipinski definition) is 2. The number of nitrogens with zero attached hydrogens (tertiary/aromatic N) is 9. The SMILES string of the molecule is CCn1nc(C)cc1C(=O)Nc1nc2cc(C=O)cc(OCCCOC)c2n1C/C=C/Cn1c2nc(-c3cc(C)nn3CC)ncc2c2cc(C(N)=O)cc(OCCOCCOCCC(=O)OC(C)(C)C)c21. The van der Waals surface area contributed by atoms with Crippen molar-refractivity contribution in [3.8, 4) is 23.0 Å². The van der Waals surface area contributed by atoms with Crippen LogP contribution in [0.15, 0.2) is 54.7 Å². The molecule has 5 heterocycles. The molecular formula is C51H63N11O10. The third-order valence-electron chi connectivity index (χ3n) is 11.2. The Morgan fingerprint density at radius 1 is 0.764 bits per heavy atom. The van der Waals surface area contributed by atoms with Gasteiger partial charge in [-0.25, -0.2) is 15.0 Å². The van der Waals surface area contributed by atoms with Crippen molar-refractivity contribution >= 4 is 63.0 Å². The van der Waals surface area contributed by atoms with Crippen LogP contribution in [0.25, 0.3) is 44.5 Å². The summed E-state index contributed by atoms with van der Waals surface area (Å²) in [5.41, 5.74) is 10.7. The number of aldehydes is 1. The van der Waals surface area contributed by atoms with Gasteiger partial charge < -0.3 is 43.3 Å². The number of aromatic nitrogens is 9. The van der Waals surface area contributed by atoms with Crippen LogP contribution in [0, 0.1) is 13.8 Å². The summed E-state index contributed by atoms with van der Waals surface area (Å²) in [7, 11) is 1.61. The number of allylic oxidation sites excluding steroid dienone is 2. The molecule has 2 aromatic carbocycles. The molecule has 0 aliphatic heterocycles. The minimum Gasteiger partial charge on any atom is -0.491 e. The predicted molar refractivity (Wildman–Crippen MR) is 270 cm³/mol. The maximum absolute atomic E-state index is 13.9. The number of nitrogens with two attached hydrogens (primary N) is 1. The predicted octanol–water partition coefficient (Wildman–Crippen LogP) is 6.63. The second-order valence-corrected chi connectivity index (χ2v) is 17.8. The lowest BCUT2D eigenvalue weighted by molar-refractivity contribution is -0.156. The lowest BCUT2D eigenvalue weighted by Crippen LogP contribution is -2.24. The van der Waals surface area contributed by atoms with E-state index in [4.69, 9.17) is 49.1 Å². The number of benzene rings is 2. The van der Waals surface area contributed by atoms with Crippen LogP contribution < -0.4 is 20.5 Å². The number of aryl methyl sites for hydroxylation is 4. The molecule has 0 saturated carbocycles. The first-order valence-electron chi connectivity index (χ1n) is 23.9. The number of carbonyl (C=O) groups excluding carboxylic acids is 4. The normalized spacial score (nSPS) is 11.9. The molecule has 0 aliphatic carbocycles. The van der Waals surface area contributed by atoms with Gasteiger partial charge in [0.1, 0.15) is 52.5 Å². The molecule has 0 radical (unpaired) electrons. The molecule has 0 atom stereocenters. The monoisotopic (exact) mass is 989 g/mol. The fraction of sp³-hybridized carbons (Fsp3) is 0.431. The number of amides is 2. The average Bonchev–Trinajstić information content (AvgIpc) is 4.11. The Balaban J connectivity index is 1.22. The Morgan fingerprint density at radius 3 is 2.15 bits per heavy atom. The third kappa shape index (κ3) is 12.5. The van der Waals surface area contributed by atoms with E-state index in [0.29, 0.717) is 100.0 Å². The molecule has 7 rings (SSSR count). The second-order valence-electron chi connectivity index (χ2n) is 17.8. The van der Waals surface area contributed by atoms with Crippen molar-refractivity contribution in [1.29, 1.82) is 0 Å². The Hall–Kier alpha value is -7.49. The number of nitrogens with one attached hydrogen (secondary N) is 1. The number of rotatable bonds is 26. The first-order valence-corrected chi connectivity index (χ1v) is 23.9. The topological polar surface area (TPSA) is 246 Å². The zero-order valence-electron chi connectivity index (χ0n) is 42.2. The zero-order valence-corrected chi connectivity index (χ0v) is 42.2. The summed E-state index contributed by atoms with van der Waals surface area (Å²) in [4.78, 5) is 65.6. The lowest BCUT2D eigenvalue weighted by Gasteiger charge is -2.19. The van der Waals surface area contributed by atoms with Gasteiger partial charge in [-0.05, 0) is 84.9 Å². The highest BCUT2D eigenvalue weighted by molar-refractivity contribution is 6.12. The maximum Gasteiger partial charge on any atom is 0.308 e. The number of fused-ring (bicyclic) bond motifs is 4. The van der Waals surface area contributed by atoms with Crippen molar-refractivity contribution in [3.63, 3.8) is 0 Å². The van der Waals surface area contributed by atoms with E-state index in [1.165, 1.54) is 0 Å². The first-order chi connectivity index (χ1) is 34.6. The highest BCUT2D eigenvalue weighted by Gasteiger charge is 2.24. The molecular weight excluding hydrogens is 927 g/mol. The molecule has 0 fully saturated rings. The molecule has 3 N–H and O–H groups in total. The van der Waals surface area contributed by atoms with Gasteiger partial charge in [0.15, 0.2) is 5.82 Å². The van der Waals surface area contributed by atoms with Gasteiger partial charge in [0, 0.05) is 74.4 Å². The number of imidazole rings is 1. The van der Waals surface area contributed by atoms with Crippen molar-refractivity contribution in [1.82, 2.24) is 43.6 Å². The van der Waals surface area contributed by atoms with Crippen LogP contribution in [0.1, 0.15) is 90.1 Å². The van der Waals surface area contributed by atoms with E-state index < -0.39 is 17.4 Å². The van der Waals surface area contributed by atoms with Gasteiger partial charge in [-0.15, -0.1) is 0 Å². The Bertz CT molecular complexity index is 3100. The quantitative estimate of drug-likeness (QED) is 0.0250. The van der Waals surface area contributed by atoms with Crippen LogP contribution in [0.3, 0.4) is 0 Å². The minimum atomic E-state index is -0.644. The summed E-state index contributed by atoms with van der Waals surface area (Å²) in [5, 5.41) is 13.4. The fourth-order valence-corrected chi connectivity index (χ4v) is 8.15. The summed E-state index contributed by atoms with van der Waals surface area (Å²) in [6.07, 6.45) is 7.05. The van der Waals surface area contributed by atoms with Crippen molar-refractivity contribution in [2.45, 2.75) is 93.1 Å². The van der Waals surface area contributed by atoms with Crippen LogP contribution >= 0.6 is 0 Å². The van der Waals surface area contributed by atoms with Gasteiger partial charge in [0.25, 0.3) is 5.91 Å². The van der Waals surface area contributed by atoms with E-state index in [1.807, 2.05) is 80.5 Å². The van der Waals surface area contributed by atoms with E-state index in [9.17, 15) is 19.2 Å². The first kappa shape index (κ1) is 52.3. The van der Waals surface area contributed by atoms with Gasteiger partial charge in [-0.2, -0.15) is 10.2 Å². The molecule has 0 bridgehead atoms. The minimum absolute atomic E-state index is 0.112. The molecule has 382 valence electrons. The molecule has 21 heteroatoms. The third-order valence-corrected chi connectivity index (χ3v) is 11.2. The molecule has 72 heavy (non-hydrogen) atoms. The summed E-state index contributed by atoms with van der Waals surface area (Å²) < 4.78 is 41.9. The summed E-state index contributed by atoms with van der Waals surface area (Å²) in [6.45, 7) is 16.4. The van der Waals surface area contributed by atoms with E-state index in [1.54, 1.807) is 48.3 Å². The van der Waals surface area contributed by atoms with Crippen molar-refractivity contribution in [2.24, 2.45) is 5.73 Å². The van der Waals surface area contributed by atoms with Crippen molar-refractivity contribution in [2.75, 3.05) is 58.7 Å². The molecule has 2 amide bonds. The average molecular weight is 990 g/mol. The van der Waals surface area contributed by atoms with Crippen molar-refractivity contribution in [3.05, 3.63) is 83.0 Å². The highest BCUT2D eigenvalue weighted by atomic mass is 16.6. The molecule has 0 aliphatic rings. The summed E-state index contributed by atoms with van der Waals surface area (Å²) >= 11 is 0. The number of carbonyl (C=O) groups is 4.